The fourth-order valence-corrected chi connectivity index (χ4v) is 4.62. The molecule has 40 heavy (non-hydrogen) atoms. The molecule has 3 aromatic carbocycles. The van der Waals surface area contributed by atoms with Gasteiger partial charge in [0.05, 0.1) is 13.7 Å². The van der Waals surface area contributed by atoms with E-state index >= 15 is 0 Å². The molecule has 0 unspecified atom stereocenters. The summed E-state index contributed by atoms with van der Waals surface area (Å²) >= 11 is 0. The van der Waals surface area contributed by atoms with Crippen molar-refractivity contribution in [2.75, 3.05) is 13.7 Å². The average molecular weight is 549 g/mol. The van der Waals surface area contributed by atoms with Crippen LogP contribution < -0.4 is 19.6 Å². The largest absolute Gasteiger partial charge is 0.507 e. The summed E-state index contributed by atoms with van der Waals surface area (Å²) < 4.78 is 23.1. The zero-order chi connectivity index (χ0) is 28.7. The summed E-state index contributed by atoms with van der Waals surface area (Å²) in [5, 5.41) is 51.8. The third-order valence-corrected chi connectivity index (χ3v) is 6.72. The Morgan fingerprint density at radius 3 is 2.42 bits per heavy atom. The molecule has 0 amide bonds. The number of aliphatic hydroxyl groups is 1. The zero-order valence-corrected chi connectivity index (χ0v) is 22.0. The second-order valence-electron chi connectivity index (χ2n) is 9.66. The molecule has 0 saturated carbocycles. The van der Waals surface area contributed by atoms with Crippen LogP contribution in [-0.2, 0) is 6.42 Å². The SMILES string of the molecule is COc1cc([C@H]2Oc3cc(-c4oc5cc(O)c(CC=C(C)C)c(O)c5c(=O)c4O)ccc3O[C@@H]2CO)ccc1O. The Morgan fingerprint density at radius 1 is 0.950 bits per heavy atom. The number of allylic oxidation sites excluding steroid dienone is 2. The summed E-state index contributed by atoms with van der Waals surface area (Å²) in [7, 11) is 1.41. The van der Waals surface area contributed by atoms with Gasteiger partial charge < -0.3 is 44.2 Å². The first-order valence-corrected chi connectivity index (χ1v) is 12.4. The molecule has 2 atom stereocenters. The number of phenols is 3. The van der Waals surface area contributed by atoms with Crippen LogP contribution >= 0.6 is 0 Å². The molecule has 0 fully saturated rings. The van der Waals surface area contributed by atoms with Crippen LogP contribution in [0.15, 0.2) is 63.3 Å². The third-order valence-electron chi connectivity index (χ3n) is 6.72. The minimum Gasteiger partial charge on any atom is -0.507 e. The molecule has 10 nitrogen and oxygen atoms in total. The van der Waals surface area contributed by atoms with E-state index in [2.05, 4.69) is 0 Å². The Labute approximate surface area is 228 Å². The second kappa shape index (κ2) is 10.4. The van der Waals surface area contributed by atoms with Crippen molar-refractivity contribution < 1.29 is 44.2 Å². The van der Waals surface area contributed by atoms with Crippen LogP contribution in [0.3, 0.4) is 0 Å². The van der Waals surface area contributed by atoms with Gasteiger partial charge in [-0.3, -0.25) is 4.79 Å². The Balaban J connectivity index is 1.58. The van der Waals surface area contributed by atoms with E-state index in [1.807, 2.05) is 13.8 Å². The highest BCUT2D eigenvalue weighted by atomic mass is 16.6. The fraction of sp³-hybridized carbons (Fsp3) is 0.233. The molecule has 2 heterocycles. The smallest absolute Gasteiger partial charge is 0.238 e. The molecule has 1 aliphatic rings. The molecular weight excluding hydrogens is 520 g/mol. The molecule has 5 N–H and O–H groups in total. The van der Waals surface area contributed by atoms with Crippen LogP contribution in [0.2, 0.25) is 0 Å². The maximum atomic E-state index is 13.2. The lowest BCUT2D eigenvalue weighted by Crippen LogP contribution is -2.36. The maximum Gasteiger partial charge on any atom is 0.238 e. The molecule has 0 spiro atoms. The van der Waals surface area contributed by atoms with Gasteiger partial charge in [-0.15, -0.1) is 0 Å². The van der Waals surface area contributed by atoms with Crippen LogP contribution in [0.5, 0.6) is 40.2 Å². The molecule has 4 aromatic rings. The summed E-state index contributed by atoms with van der Waals surface area (Å²) in [5.41, 5.74) is 0.952. The first-order valence-electron chi connectivity index (χ1n) is 12.4. The topological polar surface area (TPSA) is 159 Å². The van der Waals surface area contributed by atoms with Crippen molar-refractivity contribution in [2.24, 2.45) is 0 Å². The summed E-state index contributed by atoms with van der Waals surface area (Å²) in [6.45, 7) is 3.36. The van der Waals surface area contributed by atoms with E-state index in [-0.39, 0.29) is 63.9 Å². The second-order valence-corrected chi connectivity index (χ2v) is 9.66. The van der Waals surface area contributed by atoms with Gasteiger partial charge in [0.2, 0.25) is 11.2 Å². The highest BCUT2D eigenvalue weighted by molar-refractivity contribution is 5.90. The Bertz CT molecular complexity index is 1700. The van der Waals surface area contributed by atoms with Crippen molar-refractivity contribution in [3.63, 3.8) is 0 Å². The summed E-state index contributed by atoms with van der Waals surface area (Å²) in [6.07, 6.45) is 0.413. The summed E-state index contributed by atoms with van der Waals surface area (Å²) in [4.78, 5) is 13.2. The molecule has 0 aliphatic carbocycles. The number of fused-ring (bicyclic) bond motifs is 2. The first kappa shape index (κ1) is 26.8. The van der Waals surface area contributed by atoms with Gasteiger partial charge in [0.25, 0.3) is 0 Å². The van der Waals surface area contributed by atoms with Crippen LogP contribution in [0, 0.1) is 0 Å². The van der Waals surface area contributed by atoms with Crippen molar-refractivity contribution in [2.45, 2.75) is 32.5 Å². The normalized spacial score (nSPS) is 16.1. The first-order chi connectivity index (χ1) is 19.1. The average Bonchev–Trinajstić information content (AvgIpc) is 2.93. The Hall–Kier alpha value is -4.83. The molecule has 10 heteroatoms. The lowest BCUT2D eigenvalue weighted by atomic mass is 10.0. The number of hydrogen-bond acceptors (Lipinski definition) is 10. The highest BCUT2D eigenvalue weighted by Crippen LogP contribution is 2.45. The number of aliphatic hydroxyl groups excluding tert-OH is 1. The predicted molar refractivity (Wildman–Crippen MR) is 146 cm³/mol. The molecule has 1 aliphatic heterocycles. The lowest BCUT2D eigenvalue weighted by Gasteiger charge is -2.33. The molecule has 0 bridgehead atoms. The van der Waals surface area contributed by atoms with Crippen molar-refractivity contribution >= 4 is 11.0 Å². The van der Waals surface area contributed by atoms with Gasteiger partial charge in [-0.25, -0.2) is 0 Å². The van der Waals surface area contributed by atoms with E-state index < -0.39 is 29.1 Å². The number of rotatable bonds is 6. The van der Waals surface area contributed by atoms with Crippen molar-refractivity contribution in [1.29, 1.82) is 0 Å². The number of benzene rings is 3. The van der Waals surface area contributed by atoms with E-state index in [0.29, 0.717) is 11.3 Å². The van der Waals surface area contributed by atoms with Crippen molar-refractivity contribution in [1.82, 2.24) is 0 Å². The summed E-state index contributed by atoms with van der Waals surface area (Å²) in [6, 6.07) is 10.4. The number of hydrogen-bond donors (Lipinski definition) is 5. The lowest BCUT2D eigenvalue weighted by molar-refractivity contribution is -0.0123. The molecular formula is C30H28O10. The standard InChI is InChI=1S/C30H28O10/c1-14(2)4-7-17-19(33)12-23-25(26(17)34)27(35)28(36)30(40-23)16-6-9-20-22(11-16)39-29(24(13-31)38-20)15-5-8-18(32)21(10-15)37-3/h4-6,8-12,24,29,31-34,36H,7,13H2,1-3H3/t24-,29-/m1/s1. The quantitative estimate of drug-likeness (QED) is 0.214. The number of phenolic OH excluding ortho intramolecular Hbond substituents is 3. The number of ether oxygens (including phenoxy) is 3. The van der Waals surface area contributed by atoms with Crippen LogP contribution in [-0.4, -0.2) is 45.4 Å². The maximum absolute atomic E-state index is 13.2. The van der Waals surface area contributed by atoms with Crippen molar-refractivity contribution in [3.8, 4) is 51.6 Å². The molecule has 0 radical (unpaired) electrons. The highest BCUT2D eigenvalue weighted by Gasteiger charge is 2.34. The molecule has 208 valence electrons. The van der Waals surface area contributed by atoms with Gasteiger partial charge in [-0.05, 0) is 50.6 Å². The fourth-order valence-electron chi connectivity index (χ4n) is 4.62. The number of aromatic hydroxyl groups is 4. The van der Waals surface area contributed by atoms with E-state index in [1.54, 1.807) is 24.3 Å². The van der Waals surface area contributed by atoms with Gasteiger partial charge in [0, 0.05) is 22.8 Å². The third kappa shape index (κ3) is 4.62. The van der Waals surface area contributed by atoms with Gasteiger partial charge >= 0.3 is 0 Å². The van der Waals surface area contributed by atoms with E-state index in [0.717, 1.165) is 5.57 Å². The monoisotopic (exact) mass is 548 g/mol. The van der Waals surface area contributed by atoms with Gasteiger partial charge in [0.1, 0.15) is 22.5 Å². The zero-order valence-electron chi connectivity index (χ0n) is 22.0. The van der Waals surface area contributed by atoms with E-state index in [1.165, 1.54) is 31.4 Å². The predicted octanol–water partition coefficient (Wildman–Crippen LogP) is 4.67. The van der Waals surface area contributed by atoms with E-state index in [9.17, 15) is 30.3 Å². The molecule has 0 saturated heterocycles. The van der Waals surface area contributed by atoms with Gasteiger partial charge in [-0.1, -0.05) is 17.7 Å². The van der Waals surface area contributed by atoms with Crippen LogP contribution in [0.4, 0.5) is 0 Å². The molecule has 1 aromatic heterocycles. The van der Waals surface area contributed by atoms with Crippen molar-refractivity contribution in [3.05, 3.63) is 75.5 Å². The Morgan fingerprint density at radius 2 is 1.73 bits per heavy atom. The molecule has 5 rings (SSSR count). The van der Waals surface area contributed by atoms with Crippen LogP contribution in [0.25, 0.3) is 22.3 Å². The van der Waals surface area contributed by atoms with Crippen LogP contribution in [0.1, 0.15) is 31.1 Å². The van der Waals surface area contributed by atoms with E-state index in [4.69, 9.17) is 18.6 Å². The summed E-state index contributed by atoms with van der Waals surface area (Å²) in [5.74, 6) is -0.946. The Kier molecular flexibility index (Phi) is 6.95. The van der Waals surface area contributed by atoms with Gasteiger partial charge in [0.15, 0.2) is 41.0 Å². The van der Waals surface area contributed by atoms with Gasteiger partial charge in [-0.2, -0.15) is 0 Å². The number of methoxy groups -OCH3 is 1. The minimum atomic E-state index is -0.864. The minimum absolute atomic E-state index is 0.0610.